The molecule has 0 bridgehead atoms. The number of rotatable bonds is 11. The number of alkyl carbamates (subject to hydrolysis) is 1. The van der Waals surface area contributed by atoms with Crippen LogP contribution in [0.3, 0.4) is 0 Å². The van der Waals surface area contributed by atoms with E-state index in [1.54, 1.807) is 106 Å². The lowest BCUT2D eigenvalue weighted by molar-refractivity contribution is -0.143. The molecule has 0 aliphatic rings. The first-order chi connectivity index (χ1) is 25.9. The van der Waals surface area contributed by atoms with Gasteiger partial charge in [0.1, 0.15) is 17.7 Å². The van der Waals surface area contributed by atoms with Crippen LogP contribution in [0.5, 0.6) is 0 Å². The molecule has 2 unspecified atom stereocenters. The Hall–Kier alpha value is -4.56. The fourth-order valence-electron chi connectivity index (χ4n) is 4.77. The quantitative estimate of drug-likeness (QED) is 0.0850. The molecule has 12 nitrogen and oxygen atoms in total. The molecule has 0 aliphatic carbocycles. The van der Waals surface area contributed by atoms with Crippen LogP contribution in [0.15, 0.2) is 84.9 Å². The van der Waals surface area contributed by atoms with Gasteiger partial charge < -0.3 is 35.9 Å². The van der Waals surface area contributed by atoms with Gasteiger partial charge in [-0.3, -0.25) is 14.4 Å². The van der Waals surface area contributed by atoms with Crippen molar-refractivity contribution in [2.24, 2.45) is 5.73 Å². The van der Waals surface area contributed by atoms with Gasteiger partial charge in [0.2, 0.25) is 0 Å². The molecule has 0 saturated carbocycles. The first-order valence-electron chi connectivity index (χ1n) is 16.5. The van der Waals surface area contributed by atoms with E-state index >= 15 is 0 Å². The average molecular weight is 871 g/mol. The predicted octanol–water partition coefficient (Wildman–Crippen LogP) is 8.56. The Morgan fingerprint density at radius 2 is 1.00 bits per heavy atom. The number of esters is 2. The molecule has 4 rings (SSSR count). The first-order valence-corrected chi connectivity index (χ1v) is 18.0. The molecule has 2 atom stereocenters. The maximum absolute atomic E-state index is 12.5. The summed E-state index contributed by atoms with van der Waals surface area (Å²) < 4.78 is 14.6. The summed E-state index contributed by atoms with van der Waals surface area (Å²) >= 11 is 24.2. The third-order valence-electron chi connectivity index (χ3n) is 7.38. The van der Waals surface area contributed by atoms with Crippen molar-refractivity contribution in [1.82, 2.24) is 5.32 Å². The van der Waals surface area contributed by atoms with Crippen molar-refractivity contribution >= 4 is 100 Å². The Bertz CT molecular complexity index is 1950. The van der Waals surface area contributed by atoms with E-state index in [1.165, 1.54) is 14.2 Å². The zero-order valence-electron chi connectivity index (χ0n) is 30.9. The van der Waals surface area contributed by atoms with Gasteiger partial charge in [0, 0.05) is 17.8 Å². The summed E-state index contributed by atoms with van der Waals surface area (Å²) in [5.74, 6) is -1.91. The lowest BCUT2D eigenvalue weighted by Gasteiger charge is -2.22. The highest BCUT2D eigenvalue weighted by Gasteiger charge is 2.25. The minimum absolute atomic E-state index is 0. The second-order valence-electron chi connectivity index (χ2n) is 12.8. The van der Waals surface area contributed by atoms with E-state index in [0.29, 0.717) is 17.8 Å². The van der Waals surface area contributed by atoms with Gasteiger partial charge in [-0.15, -0.1) is 12.4 Å². The van der Waals surface area contributed by atoms with Crippen molar-refractivity contribution in [3.8, 4) is 0 Å². The minimum atomic E-state index is -0.928. The maximum atomic E-state index is 12.5. The third-order valence-corrected chi connectivity index (χ3v) is 8.64. The number of carbonyl (C=O) groups excluding carboxylic acids is 5. The molecule has 0 heterocycles. The highest BCUT2D eigenvalue weighted by Crippen LogP contribution is 2.27. The summed E-state index contributed by atoms with van der Waals surface area (Å²) in [6, 6.07) is 21.8. The highest BCUT2D eigenvalue weighted by molar-refractivity contribution is 6.41. The standard InChI is InChI=1S/C22H24Cl2N2O5.C17H16Cl2N2O3.ClH/c1-22(2,3)31-21(29)26-17(20(28)30-4)12-13-8-10-14(11-9-13)25-19(27)18-15(23)6-5-7-16(18)24;1-24-17(23)14(20)9-10-5-7-11(8-6-10)21-16(22)15-12(18)3-2-4-13(15)19;/h5-11,17H,12H2,1-4H3,(H,25,27)(H,26,29);2-8,14H,9,20H2,1H3,(H,21,22);1H. The Morgan fingerprint density at radius 3 is 1.36 bits per heavy atom. The number of amides is 3. The van der Waals surface area contributed by atoms with Crippen LogP contribution in [0.25, 0.3) is 0 Å². The number of anilines is 2. The summed E-state index contributed by atoms with van der Waals surface area (Å²) in [5, 5.41) is 9.01. The summed E-state index contributed by atoms with van der Waals surface area (Å²) in [6.07, 6.45) is -0.198. The number of nitrogens with one attached hydrogen (secondary N) is 3. The van der Waals surface area contributed by atoms with E-state index in [1.807, 2.05) is 0 Å². The van der Waals surface area contributed by atoms with Crippen LogP contribution < -0.4 is 21.7 Å². The van der Waals surface area contributed by atoms with Crippen molar-refractivity contribution in [2.45, 2.75) is 51.3 Å². The molecule has 4 aromatic carbocycles. The van der Waals surface area contributed by atoms with Gasteiger partial charge in [-0.1, -0.05) is 82.8 Å². The maximum Gasteiger partial charge on any atom is 0.408 e. The Morgan fingerprint density at radius 1 is 0.625 bits per heavy atom. The van der Waals surface area contributed by atoms with Crippen LogP contribution in [-0.4, -0.2) is 61.8 Å². The number of hydrogen-bond donors (Lipinski definition) is 4. The molecule has 0 radical (unpaired) electrons. The van der Waals surface area contributed by atoms with Gasteiger partial charge in [0.15, 0.2) is 0 Å². The number of benzene rings is 4. The zero-order chi connectivity index (χ0) is 40.9. The SMILES string of the molecule is COC(=O)C(Cc1ccc(NC(=O)c2c(Cl)cccc2Cl)cc1)NC(=O)OC(C)(C)C.COC(=O)C(N)Cc1ccc(NC(=O)c2c(Cl)cccc2Cl)cc1.Cl. The average Bonchev–Trinajstić information content (AvgIpc) is 3.11. The summed E-state index contributed by atoms with van der Waals surface area (Å²) in [6.45, 7) is 5.17. The van der Waals surface area contributed by atoms with E-state index in [4.69, 9.17) is 61.6 Å². The minimum Gasteiger partial charge on any atom is -0.468 e. The largest absolute Gasteiger partial charge is 0.468 e. The molecule has 4 aromatic rings. The van der Waals surface area contributed by atoms with E-state index in [9.17, 15) is 24.0 Å². The van der Waals surface area contributed by atoms with E-state index in [-0.39, 0.29) is 50.0 Å². The molecular formula is C39H41Cl5N4O8. The number of nitrogens with two attached hydrogens (primary N) is 1. The fourth-order valence-corrected chi connectivity index (χ4v) is 5.91. The number of hydrogen-bond acceptors (Lipinski definition) is 9. The molecule has 56 heavy (non-hydrogen) atoms. The second-order valence-corrected chi connectivity index (χ2v) is 14.4. The molecule has 0 aromatic heterocycles. The number of methoxy groups -OCH3 is 2. The molecule has 0 aliphatic heterocycles. The van der Waals surface area contributed by atoms with Crippen LogP contribution in [-0.2, 0) is 36.6 Å². The van der Waals surface area contributed by atoms with Crippen LogP contribution in [0.1, 0.15) is 52.6 Å². The number of halogens is 5. The monoisotopic (exact) mass is 868 g/mol. The van der Waals surface area contributed by atoms with Crippen LogP contribution >= 0.6 is 58.8 Å². The third kappa shape index (κ3) is 14.8. The van der Waals surface area contributed by atoms with Gasteiger partial charge in [0.05, 0.1) is 45.4 Å². The zero-order valence-corrected chi connectivity index (χ0v) is 34.8. The lowest BCUT2D eigenvalue weighted by Crippen LogP contribution is -2.45. The van der Waals surface area contributed by atoms with Crippen molar-refractivity contribution in [3.63, 3.8) is 0 Å². The molecule has 0 saturated heterocycles. The lowest BCUT2D eigenvalue weighted by atomic mass is 10.1. The second kappa shape index (κ2) is 22.2. The molecule has 17 heteroatoms. The van der Waals surface area contributed by atoms with Gasteiger partial charge in [-0.25, -0.2) is 9.59 Å². The summed E-state index contributed by atoms with van der Waals surface area (Å²) in [4.78, 5) is 60.2. The molecule has 5 N–H and O–H groups in total. The van der Waals surface area contributed by atoms with Crippen molar-refractivity contribution in [1.29, 1.82) is 0 Å². The van der Waals surface area contributed by atoms with Gasteiger partial charge in [-0.05, 0) is 86.8 Å². The summed E-state index contributed by atoms with van der Waals surface area (Å²) in [7, 11) is 2.53. The molecule has 0 fully saturated rings. The van der Waals surface area contributed by atoms with E-state index in [0.717, 1.165) is 11.1 Å². The van der Waals surface area contributed by atoms with Crippen LogP contribution in [0.2, 0.25) is 20.1 Å². The summed E-state index contributed by atoms with van der Waals surface area (Å²) in [5.41, 5.74) is 8.09. The highest BCUT2D eigenvalue weighted by atomic mass is 35.5. The number of ether oxygens (including phenoxy) is 3. The van der Waals surface area contributed by atoms with Crippen molar-refractivity contribution < 1.29 is 38.2 Å². The van der Waals surface area contributed by atoms with Crippen LogP contribution in [0, 0.1) is 0 Å². The predicted molar refractivity (Wildman–Crippen MR) is 222 cm³/mol. The van der Waals surface area contributed by atoms with Crippen molar-refractivity contribution in [3.05, 3.63) is 127 Å². The Balaban J connectivity index is 0.000000392. The number of carbonyl (C=O) groups is 5. The van der Waals surface area contributed by atoms with Crippen molar-refractivity contribution in [2.75, 3.05) is 24.9 Å². The fraction of sp³-hybridized carbons (Fsp3) is 0.256. The molecule has 0 spiro atoms. The van der Waals surface area contributed by atoms with Gasteiger partial charge >= 0.3 is 18.0 Å². The van der Waals surface area contributed by atoms with E-state index < -0.39 is 47.5 Å². The first kappa shape index (κ1) is 47.6. The van der Waals surface area contributed by atoms with E-state index in [2.05, 4.69) is 20.7 Å². The molecule has 3 amide bonds. The molecular weight excluding hydrogens is 830 g/mol. The molecule has 300 valence electrons. The van der Waals surface area contributed by atoms with Crippen LogP contribution in [0.4, 0.5) is 16.2 Å². The topological polar surface area (TPSA) is 175 Å². The van der Waals surface area contributed by atoms with Gasteiger partial charge in [0.25, 0.3) is 11.8 Å². The Labute approximate surface area is 351 Å². The van der Waals surface area contributed by atoms with Gasteiger partial charge in [-0.2, -0.15) is 0 Å². The smallest absolute Gasteiger partial charge is 0.408 e. The Kier molecular flexibility index (Phi) is 18.9. The normalized spacial score (nSPS) is 11.6.